The maximum atomic E-state index is 14.9. The summed E-state index contributed by atoms with van der Waals surface area (Å²) in [6, 6.07) is 49.8. The molecule has 0 aliphatic carbocycles. The minimum atomic E-state index is -4.65. The third-order valence-corrected chi connectivity index (χ3v) is 15.4. The lowest BCUT2D eigenvalue weighted by atomic mass is 9.95. The smallest absolute Gasteiger partial charge is 0.308 e. The normalized spacial score (nSPS) is 12.3. The van der Waals surface area contributed by atoms with Gasteiger partial charge in [-0.3, -0.25) is 4.98 Å². The number of hydrogen-bond acceptors (Lipinski definition) is 2. The summed E-state index contributed by atoms with van der Waals surface area (Å²) in [4.78, 5) is 4.37. The van der Waals surface area contributed by atoms with Crippen molar-refractivity contribution in [3.05, 3.63) is 232 Å². The lowest BCUT2D eigenvalue weighted by molar-refractivity contribution is -0.138. The van der Waals surface area contributed by atoms with Gasteiger partial charge in [0.15, 0.2) is 0 Å². The number of alkyl halides is 9. The summed E-state index contributed by atoms with van der Waals surface area (Å²) in [5, 5.41) is 13.8. The van der Waals surface area contributed by atoms with Crippen LogP contribution >= 0.6 is 0 Å². The SMILES string of the molecule is Cc1ccc(-c2ccc3c(c2)c2cc(-c4ccc(C)cc4C(F)(F)F)ccc2n3-c2cc(C#N)cc(-n3c4ccc(-c5ccc(C(F)(F)F)cc5C)cc4c4cc(-c5ccc(C(F)(F)F)cc5C)ccc43)c2-c2ccncc2)c(C)c1. The highest BCUT2D eigenvalue weighted by Gasteiger charge is 2.35. The van der Waals surface area contributed by atoms with E-state index in [1.54, 1.807) is 63.5 Å². The van der Waals surface area contributed by atoms with Crippen molar-refractivity contribution in [3.63, 3.8) is 0 Å². The van der Waals surface area contributed by atoms with Gasteiger partial charge in [-0.25, -0.2) is 0 Å². The number of halogens is 9. The zero-order valence-corrected chi connectivity index (χ0v) is 44.0. The molecule has 0 aliphatic heterocycles. The van der Waals surface area contributed by atoms with Crippen molar-refractivity contribution in [3.8, 4) is 73.1 Å². The first-order valence-electron chi connectivity index (χ1n) is 25.8. The van der Waals surface area contributed by atoms with E-state index in [0.717, 1.165) is 58.0 Å². The van der Waals surface area contributed by atoms with Crippen LogP contribution < -0.4 is 0 Å². The molecule has 0 N–H and O–H groups in total. The van der Waals surface area contributed by atoms with E-state index in [1.165, 1.54) is 18.2 Å². The maximum Gasteiger partial charge on any atom is 0.417 e. The monoisotopic (exact) mass is 1090 g/mol. The second-order valence-corrected chi connectivity index (χ2v) is 20.8. The molecule has 12 aromatic rings. The van der Waals surface area contributed by atoms with Crippen LogP contribution in [0.3, 0.4) is 0 Å². The summed E-state index contributed by atoms with van der Waals surface area (Å²) in [7, 11) is 0. The Morgan fingerprint density at radius 2 is 0.741 bits per heavy atom. The van der Waals surface area contributed by atoms with Crippen LogP contribution in [-0.4, -0.2) is 14.1 Å². The van der Waals surface area contributed by atoms with Gasteiger partial charge in [-0.1, -0.05) is 77.9 Å². The summed E-state index contributed by atoms with van der Waals surface area (Å²) in [5.41, 5.74) is 10.9. The highest BCUT2D eigenvalue weighted by Crippen LogP contribution is 2.47. The Morgan fingerprint density at radius 1 is 0.370 bits per heavy atom. The molecular weight excluding hydrogens is 1040 g/mol. The summed E-state index contributed by atoms with van der Waals surface area (Å²) in [5.74, 6) is 0. The number of aromatic nitrogens is 3. The number of benzene rings is 9. The van der Waals surface area contributed by atoms with E-state index < -0.39 is 35.2 Å². The van der Waals surface area contributed by atoms with Crippen molar-refractivity contribution in [1.82, 2.24) is 14.1 Å². The van der Waals surface area contributed by atoms with Gasteiger partial charge in [-0.2, -0.15) is 44.8 Å². The van der Waals surface area contributed by atoms with Crippen molar-refractivity contribution < 1.29 is 39.5 Å². The van der Waals surface area contributed by atoms with E-state index in [-0.39, 0.29) is 11.1 Å². The van der Waals surface area contributed by atoms with Crippen molar-refractivity contribution in [2.24, 2.45) is 0 Å². The summed E-state index contributed by atoms with van der Waals surface area (Å²) >= 11 is 0. The molecule has 3 heterocycles. The highest BCUT2D eigenvalue weighted by molar-refractivity contribution is 6.14. The second-order valence-electron chi connectivity index (χ2n) is 20.8. The quantitative estimate of drug-likeness (QED) is 0.149. The Hall–Kier alpha value is -9.41. The van der Waals surface area contributed by atoms with E-state index >= 15 is 0 Å². The van der Waals surface area contributed by atoms with Crippen molar-refractivity contribution in [2.45, 2.75) is 53.1 Å². The number of fused-ring (bicyclic) bond motifs is 6. The van der Waals surface area contributed by atoms with Crippen LogP contribution in [0.5, 0.6) is 0 Å². The van der Waals surface area contributed by atoms with Gasteiger partial charge < -0.3 is 9.13 Å². The van der Waals surface area contributed by atoms with Gasteiger partial charge in [0.1, 0.15) is 0 Å². The van der Waals surface area contributed by atoms with E-state index in [2.05, 4.69) is 29.3 Å². The average molecular weight is 1090 g/mol. The largest absolute Gasteiger partial charge is 0.417 e. The van der Waals surface area contributed by atoms with Gasteiger partial charge in [0.25, 0.3) is 0 Å². The first-order chi connectivity index (χ1) is 38.5. The summed E-state index contributed by atoms with van der Waals surface area (Å²) in [6.45, 7) is 8.89. The minimum absolute atomic E-state index is 0.0207. The molecule has 400 valence electrons. The van der Waals surface area contributed by atoms with E-state index in [0.29, 0.717) is 105 Å². The van der Waals surface area contributed by atoms with Gasteiger partial charge >= 0.3 is 18.5 Å². The average Bonchev–Trinajstić information content (AvgIpc) is 4.19. The Balaban J connectivity index is 1.17. The van der Waals surface area contributed by atoms with E-state index in [1.807, 2.05) is 95.8 Å². The topological polar surface area (TPSA) is 46.5 Å². The predicted octanol–water partition coefficient (Wildman–Crippen LogP) is 20.1. The van der Waals surface area contributed by atoms with Crippen LogP contribution in [0.15, 0.2) is 182 Å². The van der Waals surface area contributed by atoms with E-state index in [4.69, 9.17) is 0 Å². The second kappa shape index (κ2) is 19.2. The standard InChI is InChI=1S/C68H45F9N4/c1-37-6-14-50(39(3)26-37)44-8-18-61-56(32-44)57-35-47(53-15-7-38(2)27-58(53)68(75,76)77)11-21-62(57)81(61)64-31-42(36-78)30-63(65(64)43-22-24-79-25-23-43)80-59-19-9-45(51-16-12-48(28-40(51)4)66(69,70)71)33-54(59)55-34-46(10-20-60(55)80)52-17-13-49(29-41(52)5)67(72,73)74/h6-35H,1-5H3. The van der Waals surface area contributed by atoms with E-state index in [9.17, 15) is 44.8 Å². The summed E-state index contributed by atoms with van der Waals surface area (Å²) in [6.07, 6.45) is -10.5. The van der Waals surface area contributed by atoms with Gasteiger partial charge in [0, 0.05) is 39.5 Å². The Kier molecular flexibility index (Phi) is 12.4. The zero-order valence-electron chi connectivity index (χ0n) is 44.0. The van der Waals surface area contributed by atoms with Gasteiger partial charge in [-0.15, -0.1) is 0 Å². The van der Waals surface area contributed by atoms with Crippen LogP contribution in [-0.2, 0) is 18.5 Å². The molecule has 0 spiro atoms. The molecule has 0 fully saturated rings. The van der Waals surface area contributed by atoms with Crippen LogP contribution in [0.4, 0.5) is 39.5 Å². The number of hydrogen-bond donors (Lipinski definition) is 0. The van der Waals surface area contributed by atoms with Gasteiger partial charge in [-0.05, 0) is 205 Å². The maximum absolute atomic E-state index is 14.9. The number of pyridine rings is 1. The number of rotatable bonds is 7. The highest BCUT2D eigenvalue weighted by atomic mass is 19.4. The fourth-order valence-electron chi connectivity index (χ4n) is 11.7. The van der Waals surface area contributed by atoms with Gasteiger partial charge in [0.05, 0.1) is 61.8 Å². The molecule has 12 rings (SSSR count). The molecule has 3 aromatic heterocycles. The fraction of sp³-hybridized carbons (Fsp3) is 0.118. The fourth-order valence-corrected chi connectivity index (χ4v) is 11.7. The third-order valence-electron chi connectivity index (χ3n) is 15.4. The lowest BCUT2D eigenvalue weighted by Crippen LogP contribution is -2.07. The van der Waals surface area contributed by atoms with Crippen molar-refractivity contribution in [1.29, 1.82) is 5.26 Å². The zero-order chi connectivity index (χ0) is 57.0. The Labute approximate surface area is 459 Å². The predicted molar refractivity (Wildman–Crippen MR) is 304 cm³/mol. The summed E-state index contributed by atoms with van der Waals surface area (Å²) < 4.78 is 132. The van der Waals surface area contributed by atoms with Crippen molar-refractivity contribution in [2.75, 3.05) is 0 Å². The molecule has 0 radical (unpaired) electrons. The molecule has 0 unspecified atom stereocenters. The molecule has 0 atom stereocenters. The van der Waals surface area contributed by atoms with Crippen LogP contribution in [0.1, 0.15) is 50.1 Å². The van der Waals surface area contributed by atoms with Crippen molar-refractivity contribution >= 4 is 43.6 Å². The molecular formula is C68H45F9N4. The lowest BCUT2D eigenvalue weighted by Gasteiger charge is -2.21. The molecule has 0 saturated carbocycles. The Bertz CT molecular complexity index is 4490. The Morgan fingerprint density at radius 3 is 1.11 bits per heavy atom. The first kappa shape index (κ1) is 52.3. The first-order valence-corrected chi connectivity index (χ1v) is 25.8. The van der Waals surface area contributed by atoms with Gasteiger partial charge in [0.2, 0.25) is 0 Å². The molecule has 0 bridgehead atoms. The number of nitrogens with zero attached hydrogens (tertiary/aromatic N) is 4. The molecule has 81 heavy (non-hydrogen) atoms. The van der Waals surface area contributed by atoms with Crippen LogP contribution in [0.25, 0.3) is 111 Å². The molecule has 4 nitrogen and oxygen atoms in total. The minimum Gasteiger partial charge on any atom is -0.308 e. The molecule has 9 aromatic carbocycles. The third kappa shape index (κ3) is 9.14. The molecule has 0 saturated heterocycles. The number of nitriles is 1. The molecule has 13 heteroatoms. The molecule has 0 aliphatic rings. The number of aryl methyl sites for hydroxylation is 5. The van der Waals surface area contributed by atoms with Crippen LogP contribution in [0.2, 0.25) is 0 Å². The van der Waals surface area contributed by atoms with Crippen LogP contribution in [0, 0.1) is 45.9 Å². The molecule has 0 amide bonds.